The summed E-state index contributed by atoms with van der Waals surface area (Å²) in [5, 5.41) is 11.1. The SMILES string of the molecule is N#Cc1cc(Cl)ccc1Nc1c(F)c(F)c(F)c(F)c1F. The third kappa shape index (κ3) is 2.62. The minimum Gasteiger partial charge on any atom is -0.349 e. The molecule has 8 heteroatoms. The molecule has 21 heavy (non-hydrogen) atoms. The van der Waals surface area contributed by atoms with Gasteiger partial charge >= 0.3 is 0 Å². The lowest BCUT2D eigenvalue weighted by atomic mass is 10.1. The summed E-state index contributed by atoms with van der Waals surface area (Å²) >= 11 is 5.64. The number of hydrogen-bond acceptors (Lipinski definition) is 2. The first-order valence-electron chi connectivity index (χ1n) is 5.35. The van der Waals surface area contributed by atoms with Gasteiger partial charge in [0.15, 0.2) is 23.3 Å². The molecule has 0 aliphatic carbocycles. The van der Waals surface area contributed by atoms with Gasteiger partial charge in [0.25, 0.3) is 0 Å². The van der Waals surface area contributed by atoms with Crippen molar-refractivity contribution in [3.05, 3.63) is 57.9 Å². The number of anilines is 2. The molecule has 0 aromatic heterocycles. The molecular weight excluding hydrogens is 315 g/mol. The van der Waals surface area contributed by atoms with Crippen LogP contribution in [0.3, 0.4) is 0 Å². The zero-order chi connectivity index (χ0) is 15.7. The highest BCUT2D eigenvalue weighted by Crippen LogP contribution is 2.31. The summed E-state index contributed by atoms with van der Waals surface area (Å²) in [7, 11) is 0. The Balaban J connectivity index is 2.58. The van der Waals surface area contributed by atoms with Gasteiger partial charge in [-0.3, -0.25) is 0 Å². The number of halogens is 6. The minimum atomic E-state index is -2.26. The lowest BCUT2D eigenvalue weighted by Gasteiger charge is -2.12. The van der Waals surface area contributed by atoms with Crippen LogP contribution in [0.2, 0.25) is 5.02 Å². The third-order valence-electron chi connectivity index (χ3n) is 2.57. The summed E-state index contributed by atoms with van der Waals surface area (Å²) in [4.78, 5) is 0. The normalized spacial score (nSPS) is 10.3. The van der Waals surface area contributed by atoms with E-state index in [-0.39, 0.29) is 16.3 Å². The first kappa shape index (κ1) is 15.1. The maximum atomic E-state index is 13.5. The molecule has 2 nitrogen and oxygen atoms in total. The van der Waals surface area contributed by atoms with Crippen LogP contribution in [0.25, 0.3) is 0 Å². The average molecular weight is 319 g/mol. The van der Waals surface area contributed by atoms with Crippen LogP contribution in [0.15, 0.2) is 18.2 Å². The number of nitrogens with zero attached hydrogens (tertiary/aromatic N) is 1. The molecule has 0 saturated carbocycles. The van der Waals surface area contributed by atoms with Crippen molar-refractivity contribution < 1.29 is 22.0 Å². The standard InChI is InChI=1S/C13H4ClF5N2/c14-6-1-2-7(5(3-6)4-20)21-13-11(18)9(16)8(15)10(17)12(13)19/h1-3,21H. The van der Waals surface area contributed by atoms with Crippen LogP contribution in [-0.4, -0.2) is 0 Å². The fraction of sp³-hybridized carbons (Fsp3) is 0. The van der Waals surface area contributed by atoms with Crippen molar-refractivity contribution in [2.24, 2.45) is 0 Å². The second-order valence-electron chi connectivity index (χ2n) is 3.87. The Labute approximate surface area is 120 Å². The topological polar surface area (TPSA) is 35.8 Å². The van der Waals surface area contributed by atoms with Gasteiger partial charge in [-0.2, -0.15) is 5.26 Å². The van der Waals surface area contributed by atoms with E-state index >= 15 is 0 Å². The van der Waals surface area contributed by atoms with Gasteiger partial charge in [0, 0.05) is 5.02 Å². The molecule has 2 aromatic carbocycles. The van der Waals surface area contributed by atoms with Gasteiger partial charge in [0.1, 0.15) is 11.8 Å². The maximum Gasteiger partial charge on any atom is 0.200 e. The molecule has 0 heterocycles. The highest BCUT2D eigenvalue weighted by atomic mass is 35.5. The van der Waals surface area contributed by atoms with Crippen molar-refractivity contribution in [3.8, 4) is 6.07 Å². The highest BCUT2D eigenvalue weighted by Gasteiger charge is 2.26. The van der Waals surface area contributed by atoms with Crippen LogP contribution in [0.1, 0.15) is 5.56 Å². The molecule has 0 aliphatic heterocycles. The quantitative estimate of drug-likeness (QED) is 0.497. The van der Waals surface area contributed by atoms with E-state index in [4.69, 9.17) is 16.9 Å². The van der Waals surface area contributed by atoms with Gasteiger partial charge in [0.05, 0.1) is 11.3 Å². The fourth-order valence-corrected chi connectivity index (χ4v) is 1.74. The zero-order valence-corrected chi connectivity index (χ0v) is 10.7. The van der Waals surface area contributed by atoms with Crippen LogP contribution < -0.4 is 5.32 Å². The lowest BCUT2D eigenvalue weighted by Crippen LogP contribution is -2.07. The van der Waals surface area contributed by atoms with Crippen molar-refractivity contribution in [1.29, 1.82) is 5.26 Å². The molecule has 0 unspecified atom stereocenters. The van der Waals surface area contributed by atoms with Crippen molar-refractivity contribution >= 4 is 23.0 Å². The fourth-order valence-electron chi connectivity index (χ4n) is 1.57. The van der Waals surface area contributed by atoms with E-state index < -0.39 is 34.8 Å². The van der Waals surface area contributed by atoms with E-state index in [1.165, 1.54) is 18.2 Å². The molecule has 0 bridgehead atoms. The summed E-state index contributed by atoms with van der Waals surface area (Å²) in [6.07, 6.45) is 0. The Bertz CT molecular complexity index is 741. The van der Waals surface area contributed by atoms with Crippen molar-refractivity contribution in [2.45, 2.75) is 0 Å². The van der Waals surface area contributed by atoms with E-state index in [2.05, 4.69) is 0 Å². The molecule has 1 N–H and O–H groups in total. The van der Waals surface area contributed by atoms with Gasteiger partial charge in [-0.15, -0.1) is 0 Å². The van der Waals surface area contributed by atoms with E-state index in [1.54, 1.807) is 6.07 Å². The van der Waals surface area contributed by atoms with Crippen LogP contribution in [-0.2, 0) is 0 Å². The summed E-state index contributed by atoms with van der Waals surface area (Å²) < 4.78 is 66.1. The number of rotatable bonds is 2. The second kappa shape index (κ2) is 5.58. The van der Waals surface area contributed by atoms with Crippen LogP contribution >= 0.6 is 11.6 Å². The summed E-state index contributed by atoms with van der Waals surface area (Å²) in [5.74, 6) is -10.5. The molecule has 0 radical (unpaired) electrons. The first-order chi connectivity index (χ1) is 9.86. The van der Waals surface area contributed by atoms with E-state index in [0.29, 0.717) is 0 Å². The zero-order valence-electron chi connectivity index (χ0n) is 9.95. The molecule has 0 aliphatic rings. The second-order valence-corrected chi connectivity index (χ2v) is 4.31. The number of nitriles is 1. The molecule has 0 amide bonds. The monoisotopic (exact) mass is 318 g/mol. The molecule has 2 aromatic rings. The van der Waals surface area contributed by atoms with Gasteiger partial charge in [-0.05, 0) is 18.2 Å². The van der Waals surface area contributed by atoms with Crippen LogP contribution in [0, 0.1) is 40.4 Å². The predicted molar refractivity (Wildman–Crippen MR) is 65.7 cm³/mol. The van der Waals surface area contributed by atoms with Crippen molar-refractivity contribution in [2.75, 3.05) is 5.32 Å². The highest BCUT2D eigenvalue weighted by molar-refractivity contribution is 6.30. The average Bonchev–Trinajstić information content (AvgIpc) is 2.48. The lowest BCUT2D eigenvalue weighted by molar-refractivity contribution is 0.382. The first-order valence-corrected chi connectivity index (χ1v) is 5.72. The van der Waals surface area contributed by atoms with E-state index in [1.807, 2.05) is 5.32 Å². The Hall–Kier alpha value is -2.33. The Morgan fingerprint density at radius 1 is 0.905 bits per heavy atom. The molecule has 2 rings (SSSR count). The Morgan fingerprint density at radius 2 is 1.43 bits per heavy atom. The minimum absolute atomic E-state index is 0.119. The van der Waals surface area contributed by atoms with Gasteiger partial charge in [-0.1, -0.05) is 11.6 Å². The molecule has 0 saturated heterocycles. The van der Waals surface area contributed by atoms with Crippen LogP contribution in [0.4, 0.5) is 33.3 Å². The summed E-state index contributed by atoms with van der Waals surface area (Å²) in [6, 6.07) is 5.33. The molecule has 0 spiro atoms. The summed E-state index contributed by atoms with van der Waals surface area (Å²) in [5.41, 5.74) is -1.51. The molecule has 0 atom stereocenters. The Kier molecular flexibility index (Phi) is 4.00. The molecule has 0 fully saturated rings. The van der Waals surface area contributed by atoms with Crippen LogP contribution in [0.5, 0.6) is 0 Å². The van der Waals surface area contributed by atoms with Gasteiger partial charge in [0.2, 0.25) is 5.82 Å². The Morgan fingerprint density at radius 3 is 1.95 bits per heavy atom. The van der Waals surface area contributed by atoms with Gasteiger partial charge in [-0.25, -0.2) is 22.0 Å². The molecule has 108 valence electrons. The maximum absolute atomic E-state index is 13.5. The predicted octanol–water partition coefficient (Wildman–Crippen LogP) is 4.65. The van der Waals surface area contributed by atoms with E-state index in [0.717, 1.165) is 0 Å². The third-order valence-corrected chi connectivity index (χ3v) is 2.81. The summed E-state index contributed by atoms with van der Waals surface area (Å²) in [6.45, 7) is 0. The smallest absolute Gasteiger partial charge is 0.200 e. The van der Waals surface area contributed by atoms with E-state index in [9.17, 15) is 22.0 Å². The molecular formula is C13H4ClF5N2. The number of nitrogens with one attached hydrogen (secondary N) is 1. The van der Waals surface area contributed by atoms with Crippen molar-refractivity contribution in [1.82, 2.24) is 0 Å². The van der Waals surface area contributed by atoms with Crippen molar-refractivity contribution in [3.63, 3.8) is 0 Å². The largest absolute Gasteiger partial charge is 0.349 e. The number of hydrogen-bond donors (Lipinski definition) is 1. The number of benzene rings is 2. The van der Waals surface area contributed by atoms with Gasteiger partial charge < -0.3 is 5.32 Å².